The molecule has 1 aliphatic heterocycles. The molecule has 4 rings (SSSR count). The van der Waals surface area contributed by atoms with E-state index in [0.29, 0.717) is 23.3 Å². The van der Waals surface area contributed by atoms with E-state index >= 15 is 0 Å². The Morgan fingerprint density at radius 1 is 1.12 bits per heavy atom. The maximum atomic E-state index is 13.3. The molecule has 2 N–H and O–H groups in total. The van der Waals surface area contributed by atoms with Gasteiger partial charge in [-0.3, -0.25) is 14.5 Å². The summed E-state index contributed by atoms with van der Waals surface area (Å²) < 4.78 is 5.70. The molecule has 1 aliphatic rings. The second-order valence-corrected chi connectivity index (χ2v) is 5.96. The van der Waals surface area contributed by atoms with Crippen LogP contribution in [0.5, 0.6) is 0 Å². The number of nitrogens with two attached hydrogens (primary N) is 1. The van der Waals surface area contributed by atoms with Gasteiger partial charge in [0.2, 0.25) is 5.91 Å². The standard InChI is InChI=1S/C19H16N2O3/c1-11-17(13-7-3-5-9-16(13)24-11)19(23)21-14-8-4-2-6-12(14)10-15(21)18(20)22/h2-9,15H,10H2,1H3,(H2,20,22)/t15-/m0/s1. The molecular weight excluding hydrogens is 304 g/mol. The minimum absolute atomic E-state index is 0.258. The van der Waals surface area contributed by atoms with Crippen molar-refractivity contribution < 1.29 is 14.0 Å². The van der Waals surface area contributed by atoms with E-state index in [1.54, 1.807) is 6.92 Å². The first kappa shape index (κ1) is 14.5. The fraction of sp³-hybridized carbons (Fsp3) is 0.158. The van der Waals surface area contributed by atoms with Crippen LogP contribution in [0.15, 0.2) is 52.9 Å². The fourth-order valence-electron chi connectivity index (χ4n) is 3.42. The van der Waals surface area contributed by atoms with Crippen molar-refractivity contribution in [3.05, 3.63) is 65.4 Å². The lowest BCUT2D eigenvalue weighted by molar-refractivity contribution is -0.119. The Morgan fingerprint density at radius 2 is 1.83 bits per heavy atom. The first-order chi connectivity index (χ1) is 11.6. The molecule has 0 saturated heterocycles. The summed E-state index contributed by atoms with van der Waals surface area (Å²) in [6, 6.07) is 14.2. The number of carbonyl (C=O) groups excluding carboxylic acids is 2. The van der Waals surface area contributed by atoms with E-state index in [1.807, 2.05) is 48.5 Å². The Hall–Kier alpha value is -3.08. The summed E-state index contributed by atoms with van der Waals surface area (Å²) >= 11 is 0. The van der Waals surface area contributed by atoms with E-state index in [-0.39, 0.29) is 5.91 Å². The first-order valence-electron chi connectivity index (χ1n) is 7.77. The van der Waals surface area contributed by atoms with E-state index in [2.05, 4.69) is 0 Å². The molecule has 2 amide bonds. The van der Waals surface area contributed by atoms with Gasteiger partial charge in [0.15, 0.2) is 0 Å². The van der Waals surface area contributed by atoms with Crippen LogP contribution < -0.4 is 10.6 Å². The van der Waals surface area contributed by atoms with Crippen LogP contribution in [0.3, 0.4) is 0 Å². The van der Waals surface area contributed by atoms with Crippen LogP contribution in [0.4, 0.5) is 5.69 Å². The Balaban J connectivity index is 1.88. The minimum Gasteiger partial charge on any atom is -0.461 e. The maximum Gasteiger partial charge on any atom is 0.263 e. The van der Waals surface area contributed by atoms with Gasteiger partial charge in [-0.15, -0.1) is 0 Å². The molecule has 5 nitrogen and oxygen atoms in total. The maximum absolute atomic E-state index is 13.3. The van der Waals surface area contributed by atoms with Crippen molar-refractivity contribution in [2.75, 3.05) is 4.90 Å². The Labute approximate surface area is 138 Å². The average Bonchev–Trinajstić information content (AvgIpc) is 3.11. The number of hydrogen-bond acceptors (Lipinski definition) is 3. The highest BCUT2D eigenvalue weighted by Crippen LogP contribution is 2.35. The van der Waals surface area contributed by atoms with Gasteiger partial charge in [0.05, 0.1) is 5.56 Å². The number of para-hydroxylation sites is 2. The molecule has 0 radical (unpaired) electrons. The van der Waals surface area contributed by atoms with Gasteiger partial charge in [-0.25, -0.2) is 0 Å². The molecule has 2 aromatic carbocycles. The Bertz CT molecular complexity index is 974. The van der Waals surface area contributed by atoms with Crippen molar-refractivity contribution in [1.29, 1.82) is 0 Å². The van der Waals surface area contributed by atoms with E-state index in [0.717, 1.165) is 16.6 Å². The highest BCUT2D eigenvalue weighted by atomic mass is 16.3. The van der Waals surface area contributed by atoms with E-state index in [9.17, 15) is 9.59 Å². The molecule has 2 heterocycles. The number of fused-ring (bicyclic) bond motifs is 2. The zero-order valence-electron chi connectivity index (χ0n) is 13.2. The zero-order valence-corrected chi connectivity index (χ0v) is 13.2. The van der Waals surface area contributed by atoms with Crippen molar-refractivity contribution in [3.63, 3.8) is 0 Å². The number of rotatable bonds is 2. The van der Waals surface area contributed by atoms with Crippen LogP contribution in [0.25, 0.3) is 11.0 Å². The fourth-order valence-corrected chi connectivity index (χ4v) is 3.42. The second-order valence-electron chi connectivity index (χ2n) is 5.96. The molecule has 1 aromatic heterocycles. The minimum atomic E-state index is -0.678. The van der Waals surface area contributed by atoms with Crippen LogP contribution in [-0.2, 0) is 11.2 Å². The predicted molar refractivity (Wildman–Crippen MR) is 90.9 cm³/mol. The molecule has 24 heavy (non-hydrogen) atoms. The summed E-state index contributed by atoms with van der Waals surface area (Å²) in [7, 11) is 0. The molecule has 120 valence electrons. The number of furan rings is 1. The molecule has 0 bridgehead atoms. The number of carbonyl (C=O) groups is 2. The normalized spacial score (nSPS) is 16.4. The monoisotopic (exact) mass is 320 g/mol. The highest BCUT2D eigenvalue weighted by Gasteiger charge is 2.39. The van der Waals surface area contributed by atoms with Gasteiger partial charge in [0.1, 0.15) is 17.4 Å². The summed E-state index contributed by atoms with van der Waals surface area (Å²) in [5.41, 5.74) is 8.36. The molecule has 0 spiro atoms. The third-order valence-corrected chi connectivity index (χ3v) is 4.51. The summed E-state index contributed by atoms with van der Waals surface area (Å²) in [5.74, 6) is -0.231. The second kappa shape index (κ2) is 5.23. The number of primary amides is 1. The molecule has 0 unspecified atom stereocenters. The quantitative estimate of drug-likeness (QED) is 0.789. The van der Waals surface area contributed by atoms with Crippen molar-refractivity contribution >= 4 is 28.5 Å². The van der Waals surface area contributed by atoms with Gasteiger partial charge in [0, 0.05) is 17.5 Å². The summed E-state index contributed by atoms with van der Waals surface area (Å²) in [4.78, 5) is 26.7. The SMILES string of the molecule is Cc1oc2ccccc2c1C(=O)N1c2ccccc2C[C@H]1C(N)=O. The largest absolute Gasteiger partial charge is 0.461 e. The molecule has 5 heteroatoms. The van der Waals surface area contributed by atoms with E-state index in [4.69, 9.17) is 10.2 Å². The zero-order chi connectivity index (χ0) is 16.8. The Kier molecular flexibility index (Phi) is 3.16. The lowest BCUT2D eigenvalue weighted by Gasteiger charge is -2.23. The molecule has 3 aromatic rings. The number of amides is 2. The third-order valence-electron chi connectivity index (χ3n) is 4.51. The summed E-state index contributed by atoms with van der Waals surface area (Å²) in [6.45, 7) is 1.76. The van der Waals surface area contributed by atoms with Gasteiger partial charge < -0.3 is 10.2 Å². The smallest absolute Gasteiger partial charge is 0.263 e. The molecule has 0 fully saturated rings. The number of hydrogen-bond donors (Lipinski definition) is 1. The van der Waals surface area contributed by atoms with Crippen LogP contribution >= 0.6 is 0 Å². The van der Waals surface area contributed by atoms with Crippen molar-refractivity contribution in [2.24, 2.45) is 5.73 Å². The molecular formula is C19H16N2O3. The Morgan fingerprint density at radius 3 is 2.62 bits per heavy atom. The van der Waals surface area contributed by atoms with Gasteiger partial charge in [-0.1, -0.05) is 36.4 Å². The highest BCUT2D eigenvalue weighted by molar-refractivity contribution is 6.17. The van der Waals surface area contributed by atoms with Crippen molar-refractivity contribution in [2.45, 2.75) is 19.4 Å². The number of benzene rings is 2. The lowest BCUT2D eigenvalue weighted by atomic mass is 10.1. The predicted octanol–water partition coefficient (Wildman–Crippen LogP) is 2.80. The lowest BCUT2D eigenvalue weighted by Crippen LogP contribution is -2.46. The topological polar surface area (TPSA) is 76.5 Å². The van der Waals surface area contributed by atoms with Crippen LogP contribution in [0.1, 0.15) is 21.7 Å². The van der Waals surface area contributed by atoms with Crippen LogP contribution in [-0.4, -0.2) is 17.9 Å². The van der Waals surface area contributed by atoms with Crippen LogP contribution in [0.2, 0.25) is 0 Å². The van der Waals surface area contributed by atoms with Crippen molar-refractivity contribution in [1.82, 2.24) is 0 Å². The summed E-state index contributed by atoms with van der Waals surface area (Å²) in [6.07, 6.45) is 0.437. The summed E-state index contributed by atoms with van der Waals surface area (Å²) in [5, 5.41) is 0.743. The first-order valence-corrected chi connectivity index (χ1v) is 7.77. The number of anilines is 1. The van der Waals surface area contributed by atoms with Crippen molar-refractivity contribution in [3.8, 4) is 0 Å². The van der Waals surface area contributed by atoms with Gasteiger partial charge in [-0.05, 0) is 24.6 Å². The number of aryl methyl sites for hydroxylation is 1. The molecule has 1 atom stereocenters. The van der Waals surface area contributed by atoms with E-state index < -0.39 is 11.9 Å². The van der Waals surface area contributed by atoms with Gasteiger partial charge in [-0.2, -0.15) is 0 Å². The van der Waals surface area contributed by atoms with E-state index in [1.165, 1.54) is 4.90 Å². The van der Waals surface area contributed by atoms with Crippen LogP contribution in [0, 0.1) is 6.92 Å². The third kappa shape index (κ3) is 2.01. The molecule has 0 aliphatic carbocycles. The molecule has 0 saturated carbocycles. The van der Waals surface area contributed by atoms with Gasteiger partial charge >= 0.3 is 0 Å². The average molecular weight is 320 g/mol. The number of nitrogens with zero attached hydrogens (tertiary/aromatic N) is 1. The van der Waals surface area contributed by atoms with Gasteiger partial charge in [0.25, 0.3) is 5.91 Å².